The number of nitrogens with zero attached hydrogens (tertiary/aromatic N) is 1. The van der Waals surface area contributed by atoms with E-state index in [1.54, 1.807) is 13.1 Å². The maximum Gasteiger partial charge on any atom is 0.260 e. The molecule has 0 atom stereocenters. The molecule has 2 N–H and O–H groups in total. The lowest BCUT2D eigenvalue weighted by Crippen LogP contribution is -2.27. The van der Waals surface area contributed by atoms with Crippen LogP contribution in [0.5, 0.6) is 0 Å². The van der Waals surface area contributed by atoms with Crippen LogP contribution in [0.25, 0.3) is 5.70 Å². The van der Waals surface area contributed by atoms with E-state index in [0.29, 0.717) is 16.8 Å². The van der Waals surface area contributed by atoms with Crippen molar-refractivity contribution in [3.8, 4) is 0 Å². The van der Waals surface area contributed by atoms with Crippen LogP contribution in [0, 0.1) is 5.41 Å². The van der Waals surface area contributed by atoms with E-state index in [9.17, 15) is 9.59 Å². The SMILES string of the molecule is CC/C=C(\C=N)Cn1cc(C=O)cc(/C(=C/CC)NC)c1=O. The molecule has 0 amide bonds. The molecule has 0 bridgehead atoms. The second kappa shape index (κ2) is 8.77. The van der Waals surface area contributed by atoms with Crippen LogP contribution in [0.15, 0.2) is 34.8 Å². The largest absolute Gasteiger partial charge is 0.388 e. The van der Waals surface area contributed by atoms with Gasteiger partial charge in [-0.15, -0.1) is 0 Å². The number of aromatic nitrogens is 1. The number of carbonyl (C=O) groups is 1. The van der Waals surface area contributed by atoms with Crippen molar-refractivity contribution in [1.29, 1.82) is 5.41 Å². The number of aldehydes is 1. The van der Waals surface area contributed by atoms with Crippen LogP contribution < -0.4 is 10.9 Å². The Kier molecular flexibility index (Phi) is 7.02. The molecule has 0 fully saturated rings. The van der Waals surface area contributed by atoms with Crippen molar-refractivity contribution < 1.29 is 4.79 Å². The molecule has 1 aromatic rings. The van der Waals surface area contributed by atoms with E-state index in [2.05, 4.69) is 5.32 Å². The van der Waals surface area contributed by atoms with Gasteiger partial charge in [0.15, 0.2) is 6.29 Å². The molecule has 1 rings (SSSR count). The summed E-state index contributed by atoms with van der Waals surface area (Å²) in [6, 6.07) is 1.59. The Morgan fingerprint density at radius 3 is 2.50 bits per heavy atom. The third-order valence-corrected chi connectivity index (χ3v) is 3.22. The number of nitrogens with one attached hydrogen (secondary N) is 2. The lowest BCUT2D eigenvalue weighted by Gasteiger charge is -2.12. The van der Waals surface area contributed by atoms with E-state index in [4.69, 9.17) is 5.41 Å². The fourth-order valence-electron chi connectivity index (χ4n) is 2.21. The first-order valence-electron chi connectivity index (χ1n) is 7.38. The average molecular weight is 301 g/mol. The van der Waals surface area contributed by atoms with Gasteiger partial charge < -0.3 is 15.3 Å². The van der Waals surface area contributed by atoms with Crippen molar-refractivity contribution in [1.82, 2.24) is 9.88 Å². The van der Waals surface area contributed by atoms with Crippen LogP contribution in [0.2, 0.25) is 0 Å². The minimum absolute atomic E-state index is 0.177. The van der Waals surface area contributed by atoms with Crippen LogP contribution in [-0.2, 0) is 6.54 Å². The Hall–Kier alpha value is -2.43. The zero-order valence-corrected chi connectivity index (χ0v) is 13.3. The Morgan fingerprint density at radius 2 is 2.00 bits per heavy atom. The normalized spacial score (nSPS) is 12.1. The summed E-state index contributed by atoms with van der Waals surface area (Å²) in [7, 11) is 1.75. The van der Waals surface area contributed by atoms with Crippen molar-refractivity contribution in [2.75, 3.05) is 7.05 Å². The first-order chi connectivity index (χ1) is 10.6. The third-order valence-electron chi connectivity index (χ3n) is 3.22. The van der Waals surface area contributed by atoms with Crippen LogP contribution in [0.1, 0.15) is 42.6 Å². The molecular formula is C17H23N3O2. The summed E-state index contributed by atoms with van der Waals surface area (Å²) >= 11 is 0. The Morgan fingerprint density at radius 1 is 1.32 bits per heavy atom. The number of hydrogen-bond donors (Lipinski definition) is 2. The van der Waals surface area contributed by atoms with Gasteiger partial charge in [-0.1, -0.05) is 26.0 Å². The molecule has 0 saturated heterocycles. The van der Waals surface area contributed by atoms with E-state index in [0.717, 1.165) is 24.7 Å². The van der Waals surface area contributed by atoms with Gasteiger partial charge in [-0.05, 0) is 24.5 Å². The lowest BCUT2D eigenvalue weighted by molar-refractivity contribution is 0.112. The molecule has 5 nitrogen and oxygen atoms in total. The van der Waals surface area contributed by atoms with Gasteiger partial charge >= 0.3 is 0 Å². The number of carbonyl (C=O) groups excluding carboxylic acids is 1. The van der Waals surface area contributed by atoms with Crippen LogP contribution in [0.4, 0.5) is 0 Å². The van der Waals surface area contributed by atoms with E-state index in [-0.39, 0.29) is 12.1 Å². The molecule has 0 aromatic carbocycles. The zero-order chi connectivity index (χ0) is 16.5. The summed E-state index contributed by atoms with van der Waals surface area (Å²) in [4.78, 5) is 23.8. The summed E-state index contributed by atoms with van der Waals surface area (Å²) in [5.74, 6) is 0. The van der Waals surface area contributed by atoms with Crippen molar-refractivity contribution in [3.05, 3.63) is 51.5 Å². The third kappa shape index (κ3) is 4.28. The van der Waals surface area contributed by atoms with Crippen molar-refractivity contribution in [3.63, 3.8) is 0 Å². The van der Waals surface area contributed by atoms with Crippen molar-refractivity contribution >= 4 is 18.2 Å². The predicted octanol–water partition coefficient (Wildman–Crippen LogP) is 2.62. The first kappa shape index (κ1) is 17.6. The van der Waals surface area contributed by atoms with Gasteiger partial charge in [-0.25, -0.2) is 0 Å². The van der Waals surface area contributed by atoms with Crippen LogP contribution in [0.3, 0.4) is 0 Å². The fourth-order valence-corrected chi connectivity index (χ4v) is 2.21. The Balaban J connectivity index is 3.44. The summed E-state index contributed by atoms with van der Waals surface area (Å²) in [6.07, 6.45) is 8.88. The second-order valence-electron chi connectivity index (χ2n) is 4.85. The summed E-state index contributed by atoms with van der Waals surface area (Å²) in [5.41, 5.74) is 2.18. The van der Waals surface area contributed by atoms with Crippen LogP contribution in [-0.4, -0.2) is 24.1 Å². The molecule has 5 heteroatoms. The average Bonchev–Trinajstić information content (AvgIpc) is 2.54. The number of pyridine rings is 1. The van der Waals surface area contributed by atoms with Gasteiger partial charge in [0.25, 0.3) is 5.56 Å². The fraction of sp³-hybridized carbons (Fsp3) is 0.353. The standard InChI is InChI=1S/C17H23N3O2/c1-4-6-13(9-18)10-20-11-14(12-21)8-15(17(20)22)16(19-3)7-5-2/h6-9,11-12,18-19H,4-5,10H2,1-3H3/b13-6+,16-7-,18-9?. The van der Waals surface area contributed by atoms with Crippen LogP contribution >= 0.6 is 0 Å². The molecule has 1 heterocycles. The van der Waals surface area contributed by atoms with Gasteiger partial charge in [0.05, 0.1) is 12.1 Å². The van der Waals surface area contributed by atoms with E-state index >= 15 is 0 Å². The van der Waals surface area contributed by atoms with Gasteiger partial charge in [0.2, 0.25) is 0 Å². The molecular weight excluding hydrogens is 278 g/mol. The van der Waals surface area contributed by atoms with Gasteiger partial charge in [0, 0.05) is 30.7 Å². The molecule has 0 aliphatic heterocycles. The molecule has 22 heavy (non-hydrogen) atoms. The molecule has 118 valence electrons. The Labute approximate surface area is 130 Å². The molecule has 1 aromatic heterocycles. The molecule has 0 aliphatic carbocycles. The van der Waals surface area contributed by atoms with Gasteiger partial charge in [-0.2, -0.15) is 0 Å². The number of hydrogen-bond acceptors (Lipinski definition) is 4. The monoisotopic (exact) mass is 301 g/mol. The highest BCUT2D eigenvalue weighted by atomic mass is 16.1. The first-order valence-corrected chi connectivity index (χ1v) is 7.38. The molecule has 0 unspecified atom stereocenters. The second-order valence-corrected chi connectivity index (χ2v) is 4.85. The number of rotatable bonds is 8. The lowest BCUT2D eigenvalue weighted by atomic mass is 10.1. The van der Waals surface area contributed by atoms with Gasteiger partial charge in [0.1, 0.15) is 0 Å². The maximum absolute atomic E-state index is 12.6. The summed E-state index contributed by atoms with van der Waals surface area (Å²) in [5, 5.41) is 10.4. The number of allylic oxidation sites excluding steroid dienone is 3. The summed E-state index contributed by atoms with van der Waals surface area (Å²) in [6.45, 7) is 4.24. The highest BCUT2D eigenvalue weighted by Gasteiger charge is 2.11. The maximum atomic E-state index is 12.6. The smallest absolute Gasteiger partial charge is 0.260 e. The topological polar surface area (TPSA) is 75.0 Å². The predicted molar refractivity (Wildman–Crippen MR) is 90.6 cm³/mol. The highest BCUT2D eigenvalue weighted by molar-refractivity contribution is 5.78. The van der Waals surface area contributed by atoms with Crippen molar-refractivity contribution in [2.24, 2.45) is 0 Å². The van der Waals surface area contributed by atoms with Gasteiger partial charge in [-0.3, -0.25) is 9.59 Å². The zero-order valence-electron chi connectivity index (χ0n) is 13.3. The van der Waals surface area contributed by atoms with E-state index < -0.39 is 0 Å². The van der Waals surface area contributed by atoms with Crippen molar-refractivity contribution in [2.45, 2.75) is 33.2 Å². The minimum Gasteiger partial charge on any atom is -0.388 e. The van der Waals surface area contributed by atoms with E-state index in [1.807, 2.05) is 26.0 Å². The quantitative estimate of drug-likeness (QED) is 0.572. The molecule has 0 spiro atoms. The molecule has 0 radical (unpaired) electrons. The Bertz CT molecular complexity index is 654. The molecule has 0 aliphatic rings. The molecule has 0 saturated carbocycles. The summed E-state index contributed by atoms with van der Waals surface area (Å²) < 4.78 is 1.48. The minimum atomic E-state index is -0.177. The van der Waals surface area contributed by atoms with E-state index in [1.165, 1.54) is 17.0 Å². The highest BCUT2D eigenvalue weighted by Crippen LogP contribution is 2.10.